The number of benzene rings is 1. The van der Waals surface area contributed by atoms with Gasteiger partial charge in [0, 0.05) is 20.2 Å². The van der Waals surface area contributed by atoms with Crippen LogP contribution < -0.4 is 26.5 Å². The van der Waals surface area contributed by atoms with Crippen molar-refractivity contribution in [3.8, 4) is 11.5 Å². The third kappa shape index (κ3) is 5.37. The molecule has 0 aliphatic rings. The van der Waals surface area contributed by atoms with Crippen LogP contribution in [-0.4, -0.2) is 39.8 Å². The molecule has 0 saturated heterocycles. The Hall–Kier alpha value is -4.61. The minimum atomic E-state index is -0.865. The van der Waals surface area contributed by atoms with Crippen LogP contribution in [0.3, 0.4) is 0 Å². The zero-order valence-electron chi connectivity index (χ0n) is 20.5. The Balaban J connectivity index is 1.65. The summed E-state index contributed by atoms with van der Waals surface area (Å²) in [4.78, 5) is 48.7. The molecule has 0 aliphatic carbocycles. The molecular weight excluding hydrogens is 472 g/mol. The summed E-state index contributed by atoms with van der Waals surface area (Å²) < 4.78 is 23.0. The zero-order valence-corrected chi connectivity index (χ0v) is 20.5. The van der Waals surface area contributed by atoms with Crippen molar-refractivity contribution in [2.45, 2.75) is 20.5 Å². The van der Waals surface area contributed by atoms with Crippen LogP contribution in [-0.2, 0) is 30.2 Å². The predicted molar refractivity (Wildman–Crippen MR) is 129 cm³/mol. The van der Waals surface area contributed by atoms with E-state index in [-0.39, 0.29) is 12.4 Å². The number of nitrogens with zero attached hydrogens (tertiary/aromatic N) is 3. The highest BCUT2D eigenvalue weighted by atomic mass is 16.5. The number of methoxy groups -OCH3 is 1. The van der Waals surface area contributed by atoms with Gasteiger partial charge in [0.25, 0.3) is 5.56 Å². The van der Waals surface area contributed by atoms with Gasteiger partial charge in [0.15, 0.2) is 18.1 Å². The Kier molecular flexibility index (Phi) is 7.77. The molecule has 0 unspecified atom stereocenters. The molecular formula is C24H26N4O8. The van der Waals surface area contributed by atoms with Crippen LogP contribution in [0.5, 0.6) is 11.5 Å². The summed E-state index contributed by atoms with van der Waals surface area (Å²) in [6, 6.07) is 5.05. The van der Waals surface area contributed by atoms with Gasteiger partial charge in [-0.25, -0.2) is 9.59 Å². The quantitative estimate of drug-likeness (QED) is 0.259. The van der Waals surface area contributed by atoms with Crippen molar-refractivity contribution in [3.05, 3.63) is 73.3 Å². The average molecular weight is 498 g/mol. The van der Waals surface area contributed by atoms with Gasteiger partial charge in [0.05, 0.1) is 18.4 Å². The van der Waals surface area contributed by atoms with Gasteiger partial charge in [0.2, 0.25) is 5.78 Å². The van der Waals surface area contributed by atoms with E-state index >= 15 is 0 Å². The summed E-state index contributed by atoms with van der Waals surface area (Å²) in [5.74, 6) is -0.355. The normalized spacial score (nSPS) is 11.0. The lowest BCUT2D eigenvalue weighted by atomic mass is 10.2. The molecule has 0 aliphatic heterocycles. The number of aryl methyl sites for hydroxylation is 2. The maximum absolute atomic E-state index is 12.4. The zero-order chi connectivity index (χ0) is 26.6. The highest BCUT2D eigenvalue weighted by molar-refractivity contribution is 6.01. The number of hydrogen-bond acceptors (Lipinski definition) is 10. The number of carbonyl (C=O) groups is 2. The number of aromatic nitrogens is 3. The van der Waals surface area contributed by atoms with Crippen LogP contribution >= 0.6 is 0 Å². The molecule has 0 fully saturated rings. The van der Waals surface area contributed by atoms with Crippen LogP contribution in [0, 0.1) is 13.8 Å². The van der Waals surface area contributed by atoms with Gasteiger partial charge in [-0.1, -0.05) is 11.2 Å². The number of ketones is 1. The number of anilines is 1. The third-order valence-corrected chi connectivity index (χ3v) is 5.49. The predicted octanol–water partition coefficient (Wildman–Crippen LogP) is 1.30. The minimum absolute atomic E-state index is 0.246. The molecule has 3 rings (SSSR count). The van der Waals surface area contributed by atoms with Crippen LogP contribution in [0.1, 0.15) is 32.9 Å². The van der Waals surface area contributed by atoms with Gasteiger partial charge in [-0.05, 0) is 37.6 Å². The fourth-order valence-corrected chi connectivity index (χ4v) is 3.31. The lowest BCUT2D eigenvalue weighted by Gasteiger charge is -2.11. The first-order valence-corrected chi connectivity index (χ1v) is 10.7. The molecule has 0 amide bonds. The molecule has 1 aromatic carbocycles. The lowest BCUT2D eigenvalue weighted by molar-refractivity contribution is -0.136. The summed E-state index contributed by atoms with van der Waals surface area (Å²) >= 11 is 0. The summed E-state index contributed by atoms with van der Waals surface area (Å²) in [6.45, 7) is 3.14. The number of carbonyl (C=O) groups excluding carboxylic acids is 2. The number of hydrogen-bond donors (Lipinski definition) is 1. The van der Waals surface area contributed by atoms with E-state index in [9.17, 15) is 19.2 Å². The monoisotopic (exact) mass is 498 g/mol. The standard InChI is InChI=1S/C24H26N4O8/c1-13-16(14(2)36-26-13)11-34-18-8-6-15(10-19(18)33-5)7-9-20(30)35-12-17(29)21-22(25)27(3)24(32)28(4)23(21)31/h6-10H,11-12,25H2,1-5H3/b9-7+. The van der Waals surface area contributed by atoms with Crippen molar-refractivity contribution in [1.82, 2.24) is 14.3 Å². The molecule has 12 heteroatoms. The fourth-order valence-electron chi connectivity index (χ4n) is 3.31. The van der Waals surface area contributed by atoms with E-state index in [2.05, 4.69) is 5.16 Å². The maximum Gasteiger partial charge on any atom is 0.332 e. The first kappa shape index (κ1) is 26.0. The molecule has 0 spiro atoms. The fraction of sp³-hybridized carbons (Fsp3) is 0.292. The van der Waals surface area contributed by atoms with E-state index in [1.165, 1.54) is 27.3 Å². The SMILES string of the molecule is COc1cc(/C=C/C(=O)OCC(=O)c2c(N)n(C)c(=O)n(C)c2=O)ccc1OCc1c(C)noc1C. The van der Waals surface area contributed by atoms with Crippen LogP contribution in [0.25, 0.3) is 6.08 Å². The van der Waals surface area contributed by atoms with Crippen molar-refractivity contribution >= 4 is 23.6 Å². The summed E-state index contributed by atoms with van der Waals surface area (Å²) in [5.41, 5.74) is 5.97. The van der Waals surface area contributed by atoms with Gasteiger partial charge in [-0.3, -0.25) is 18.7 Å². The largest absolute Gasteiger partial charge is 0.493 e. The number of ether oxygens (including phenoxy) is 3. The van der Waals surface area contributed by atoms with E-state index in [1.807, 2.05) is 6.92 Å². The Morgan fingerprint density at radius 2 is 1.86 bits per heavy atom. The van der Waals surface area contributed by atoms with E-state index < -0.39 is 35.2 Å². The van der Waals surface area contributed by atoms with Gasteiger partial charge in [-0.15, -0.1) is 0 Å². The first-order chi connectivity index (χ1) is 17.0. The van der Waals surface area contributed by atoms with E-state index in [1.54, 1.807) is 25.1 Å². The topological polar surface area (TPSA) is 158 Å². The Morgan fingerprint density at radius 1 is 1.14 bits per heavy atom. The molecule has 12 nitrogen and oxygen atoms in total. The van der Waals surface area contributed by atoms with Crippen LogP contribution in [0.4, 0.5) is 5.82 Å². The second-order valence-corrected chi connectivity index (χ2v) is 7.83. The Morgan fingerprint density at radius 3 is 2.50 bits per heavy atom. The second kappa shape index (κ2) is 10.8. The van der Waals surface area contributed by atoms with Crippen molar-refractivity contribution < 1.29 is 28.3 Å². The molecule has 0 atom stereocenters. The minimum Gasteiger partial charge on any atom is -0.493 e. The molecule has 2 heterocycles. The molecule has 0 saturated carbocycles. The molecule has 190 valence electrons. The van der Waals surface area contributed by atoms with Gasteiger partial charge >= 0.3 is 11.7 Å². The maximum atomic E-state index is 12.4. The molecule has 0 radical (unpaired) electrons. The van der Waals surface area contributed by atoms with Crippen molar-refractivity contribution in [3.63, 3.8) is 0 Å². The Labute approximate surface area is 205 Å². The highest BCUT2D eigenvalue weighted by Crippen LogP contribution is 2.30. The van der Waals surface area contributed by atoms with Gasteiger partial charge < -0.3 is 24.5 Å². The summed E-state index contributed by atoms with van der Waals surface area (Å²) in [6.07, 6.45) is 2.58. The second-order valence-electron chi connectivity index (χ2n) is 7.83. The molecule has 3 aromatic rings. The number of nitrogens with two attached hydrogens (primary N) is 1. The highest BCUT2D eigenvalue weighted by Gasteiger charge is 2.21. The first-order valence-electron chi connectivity index (χ1n) is 10.7. The van der Waals surface area contributed by atoms with E-state index in [4.69, 9.17) is 24.5 Å². The number of rotatable bonds is 9. The van der Waals surface area contributed by atoms with Gasteiger partial charge in [-0.2, -0.15) is 0 Å². The summed E-state index contributed by atoms with van der Waals surface area (Å²) in [7, 11) is 4.03. The average Bonchev–Trinajstić information content (AvgIpc) is 3.19. The Bertz CT molecular complexity index is 1440. The van der Waals surface area contributed by atoms with Crippen molar-refractivity contribution in [1.29, 1.82) is 0 Å². The molecule has 0 bridgehead atoms. The van der Waals surface area contributed by atoms with E-state index in [0.29, 0.717) is 22.8 Å². The number of esters is 1. The number of Topliss-reactive ketones (excluding diaryl/α,β-unsaturated/α-hetero) is 1. The van der Waals surface area contributed by atoms with E-state index in [0.717, 1.165) is 26.5 Å². The van der Waals surface area contributed by atoms with Crippen LogP contribution in [0.15, 0.2) is 38.4 Å². The third-order valence-electron chi connectivity index (χ3n) is 5.49. The van der Waals surface area contributed by atoms with Gasteiger partial charge in [0.1, 0.15) is 23.7 Å². The molecule has 36 heavy (non-hydrogen) atoms. The van der Waals surface area contributed by atoms with Crippen molar-refractivity contribution in [2.75, 3.05) is 19.5 Å². The summed E-state index contributed by atoms with van der Waals surface area (Å²) in [5, 5.41) is 3.89. The number of nitrogen functional groups attached to an aromatic ring is 1. The van der Waals surface area contributed by atoms with Crippen molar-refractivity contribution in [2.24, 2.45) is 14.1 Å². The molecule has 2 aromatic heterocycles. The molecule has 2 N–H and O–H groups in total. The van der Waals surface area contributed by atoms with Crippen LogP contribution in [0.2, 0.25) is 0 Å². The lowest BCUT2D eigenvalue weighted by Crippen LogP contribution is -2.42. The smallest absolute Gasteiger partial charge is 0.332 e.